The first-order chi connectivity index (χ1) is 7.93. The van der Waals surface area contributed by atoms with Gasteiger partial charge in [-0.25, -0.2) is 0 Å². The van der Waals surface area contributed by atoms with Crippen LogP contribution in [0.4, 0.5) is 0 Å². The Hall–Kier alpha value is -0.770. The van der Waals surface area contributed by atoms with Crippen LogP contribution >= 0.6 is 11.6 Å². The Morgan fingerprint density at radius 1 is 1.47 bits per heavy atom. The Labute approximate surface area is 109 Å². The lowest BCUT2D eigenvalue weighted by atomic mass is 10.1. The molecule has 1 rings (SSSR count). The minimum absolute atomic E-state index is 0.159. The van der Waals surface area contributed by atoms with Crippen molar-refractivity contribution in [2.24, 2.45) is 5.73 Å². The molecule has 0 amide bonds. The SMILES string of the molecule is COc1cc(C)c(Cl)cc1CN(C)CC(C)N. The van der Waals surface area contributed by atoms with Crippen molar-refractivity contribution in [2.75, 3.05) is 20.7 Å². The molecule has 1 atom stereocenters. The van der Waals surface area contributed by atoms with Gasteiger partial charge in [-0.3, -0.25) is 0 Å². The second kappa shape index (κ2) is 6.24. The topological polar surface area (TPSA) is 38.5 Å². The van der Waals surface area contributed by atoms with Crippen molar-refractivity contribution < 1.29 is 4.74 Å². The van der Waals surface area contributed by atoms with Crippen LogP contribution in [0, 0.1) is 6.92 Å². The van der Waals surface area contributed by atoms with E-state index in [1.165, 1.54) is 0 Å². The number of hydrogen-bond donors (Lipinski definition) is 1. The van der Waals surface area contributed by atoms with Gasteiger partial charge in [0.25, 0.3) is 0 Å². The van der Waals surface area contributed by atoms with Gasteiger partial charge in [-0.15, -0.1) is 0 Å². The lowest BCUT2D eigenvalue weighted by Crippen LogP contribution is -2.32. The predicted molar refractivity (Wildman–Crippen MR) is 72.7 cm³/mol. The largest absolute Gasteiger partial charge is 0.496 e. The lowest BCUT2D eigenvalue weighted by Gasteiger charge is -2.20. The first kappa shape index (κ1) is 14.3. The molecule has 17 heavy (non-hydrogen) atoms. The highest BCUT2D eigenvalue weighted by atomic mass is 35.5. The van der Waals surface area contributed by atoms with Crippen LogP contribution in [0.3, 0.4) is 0 Å². The molecule has 2 N–H and O–H groups in total. The highest BCUT2D eigenvalue weighted by Gasteiger charge is 2.10. The maximum atomic E-state index is 6.13. The number of methoxy groups -OCH3 is 1. The van der Waals surface area contributed by atoms with Crippen LogP contribution in [0.25, 0.3) is 0 Å². The van der Waals surface area contributed by atoms with Crippen LogP contribution in [0.1, 0.15) is 18.1 Å². The smallest absolute Gasteiger partial charge is 0.123 e. The second-order valence-corrected chi connectivity index (χ2v) is 4.99. The van der Waals surface area contributed by atoms with Crippen LogP contribution < -0.4 is 10.5 Å². The minimum atomic E-state index is 0.159. The highest BCUT2D eigenvalue weighted by molar-refractivity contribution is 6.31. The Morgan fingerprint density at radius 3 is 2.65 bits per heavy atom. The van der Waals surface area contributed by atoms with E-state index < -0.39 is 0 Å². The summed E-state index contributed by atoms with van der Waals surface area (Å²) in [6.45, 7) is 5.59. The quantitative estimate of drug-likeness (QED) is 0.880. The fourth-order valence-electron chi connectivity index (χ4n) is 1.86. The Kier molecular flexibility index (Phi) is 5.25. The predicted octanol–water partition coefficient (Wildman–Crippen LogP) is 2.44. The molecule has 0 aromatic heterocycles. The third-order valence-corrected chi connectivity index (χ3v) is 3.01. The molecule has 0 aliphatic carbocycles. The number of likely N-dealkylation sites (N-methyl/N-ethyl adjacent to an activating group) is 1. The third-order valence-electron chi connectivity index (χ3n) is 2.60. The van der Waals surface area contributed by atoms with Gasteiger partial charge >= 0.3 is 0 Å². The van der Waals surface area contributed by atoms with Gasteiger partial charge in [0, 0.05) is 29.7 Å². The van der Waals surface area contributed by atoms with Crippen LogP contribution in [-0.2, 0) is 6.54 Å². The van der Waals surface area contributed by atoms with Crippen LogP contribution in [-0.4, -0.2) is 31.6 Å². The van der Waals surface area contributed by atoms with E-state index in [0.717, 1.165) is 35.0 Å². The monoisotopic (exact) mass is 256 g/mol. The number of ether oxygens (including phenoxy) is 1. The molecule has 96 valence electrons. The van der Waals surface area contributed by atoms with E-state index in [1.807, 2.05) is 33.0 Å². The molecule has 0 saturated carbocycles. The van der Waals surface area contributed by atoms with Crippen LogP contribution in [0.2, 0.25) is 5.02 Å². The van der Waals surface area contributed by atoms with Crippen LogP contribution in [0.15, 0.2) is 12.1 Å². The van der Waals surface area contributed by atoms with E-state index >= 15 is 0 Å². The fraction of sp³-hybridized carbons (Fsp3) is 0.538. The first-order valence-corrected chi connectivity index (χ1v) is 6.09. The standard InChI is InChI=1S/C13H21ClN2O/c1-9-5-13(17-4)11(6-12(9)14)8-16(3)7-10(2)15/h5-6,10H,7-8,15H2,1-4H3. The van der Waals surface area contributed by atoms with Gasteiger partial charge in [-0.2, -0.15) is 0 Å². The van der Waals surface area contributed by atoms with Gasteiger partial charge in [-0.1, -0.05) is 11.6 Å². The molecule has 0 heterocycles. The Balaban J connectivity index is 2.86. The van der Waals surface area contributed by atoms with E-state index in [0.29, 0.717) is 0 Å². The maximum absolute atomic E-state index is 6.13. The lowest BCUT2D eigenvalue weighted by molar-refractivity contribution is 0.302. The van der Waals surface area contributed by atoms with Gasteiger partial charge < -0.3 is 15.4 Å². The summed E-state index contributed by atoms with van der Waals surface area (Å²) in [5.74, 6) is 0.878. The molecule has 4 heteroatoms. The molecule has 0 aliphatic rings. The Bertz CT molecular complexity index is 380. The molecule has 0 aliphatic heterocycles. The highest BCUT2D eigenvalue weighted by Crippen LogP contribution is 2.27. The van der Waals surface area contributed by atoms with Gasteiger partial charge in [0.15, 0.2) is 0 Å². The molecular weight excluding hydrogens is 236 g/mol. The number of aryl methyl sites for hydroxylation is 1. The molecule has 0 spiro atoms. The summed E-state index contributed by atoms with van der Waals surface area (Å²) in [5, 5.41) is 0.773. The summed E-state index contributed by atoms with van der Waals surface area (Å²) in [4.78, 5) is 2.16. The second-order valence-electron chi connectivity index (χ2n) is 4.59. The zero-order chi connectivity index (χ0) is 13.0. The number of halogens is 1. The molecule has 0 bridgehead atoms. The van der Waals surface area contributed by atoms with Crippen molar-refractivity contribution in [1.82, 2.24) is 4.90 Å². The number of benzene rings is 1. The van der Waals surface area contributed by atoms with Crippen molar-refractivity contribution in [3.8, 4) is 5.75 Å². The zero-order valence-corrected chi connectivity index (χ0v) is 11.7. The molecular formula is C13H21ClN2O. The summed E-state index contributed by atoms with van der Waals surface area (Å²) in [6, 6.07) is 4.09. The van der Waals surface area contributed by atoms with Crippen molar-refractivity contribution in [1.29, 1.82) is 0 Å². The summed E-state index contributed by atoms with van der Waals surface area (Å²) in [5.41, 5.74) is 7.89. The van der Waals surface area contributed by atoms with E-state index in [9.17, 15) is 0 Å². The average Bonchev–Trinajstić information content (AvgIpc) is 2.21. The molecule has 0 radical (unpaired) electrons. The number of nitrogens with two attached hydrogens (primary N) is 1. The molecule has 0 fully saturated rings. The molecule has 3 nitrogen and oxygen atoms in total. The third kappa shape index (κ3) is 4.19. The van der Waals surface area contributed by atoms with Crippen molar-refractivity contribution in [2.45, 2.75) is 26.4 Å². The summed E-state index contributed by atoms with van der Waals surface area (Å²) in [6.07, 6.45) is 0. The van der Waals surface area contributed by atoms with E-state index in [1.54, 1.807) is 7.11 Å². The molecule has 1 aromatic rings. The van der Waals surface area contributed by atoms with Crippen molar-refractivity contribution >= 4 is 11.6 Å². The molecule has 0 saturated heterocycles. The van der Waals surface area contributed by atoms with E-state index in [-0.39, 0.29) is 6.04 Å². The van der Waals surface area contributed by atoms with Gasteiger partial charge in [-0.05, 0) is 38.6 Å². The minimum Gasteiger partial charge on any atom is -0.496 e. The molecule has 1 aromatic carbocycles. The normalized spacial score (nSPS) is 12.9. The van der Waals surface area contributed by atoms with E-state index in [2.05, 4.69) is 4.90 Å². The zero-order valence-electron chi connectivity index (χ0n) is 11.0. The molecule has 1 unspecified atom stereocenters. The first-order valence-electron chi connectivity index (χ1n) is 5.71. The summed E-state index contributed by atoms with van der Waals surface area (Å²) in [7, 11) is 3.72. The maximum Gasteiger partial charge on any atom is 0.123 e. The summed E-state index contributed by atoms with van der Waals surface area (Å²) >= 11 is 6.13. The Morgan fingerprint density at radius 2 is 2.12 bits per heavy atom. The van der Waals surface area contributed by atoms with Crippen molar-refractivity contribution in [3.05, 3.63) is 28.3 Å². The number of rotatable bonds is 5. The van der Waals surface area contributed by atoms with Crippen molar-refractivity contribution in [3.63, 3.8) is 0 Å². The van der Waals surface area contributed by atoms with Crippen LogP contribution in [0.5, 0.6) is 5.75 Å². The number of hydrogen-bond acceptors (Lipinski definition) is 3. The number of nitrogens with zero attached hydrogens (tertiary/aromatic N) is 1. The van der Waals surface area contributed by atoms with Gasteiger partial charge in [0.2, 0.25) is 0 Å². The summed E-state index contributed by atoms with van der Waals surface area (Å²) < 4.78 is 5.37. The fourth-order valence-corrected chi connectivity index (χ4v) is 2.04. The van der Waals surface area contributed by atoms with Gasteiger partial charge in [0.05, 0.1) is 7.11 Å². The van der Waals surface area contributed by atoms with Gasteiger partial charge in [0.1, 0.15) is 5.75 Å². The van der Waals surface area contributed by atoms with E-state index in [4.69, 9.17) is 22.1 Å². The average molecular weight is 257 g/mol.